The van der Waals surface area contributed by atoms with Crippen molar-refractivity contribution in [3.05, 3.63) is 113 Å². The summed E-state index contributed by atoms with van der Waals surface area (Å²) >= 11 is 1.48. The van der Waals surface area contributed by atoms with Crippen LogP contribution in [0.25, 0.3) is 16.8 Å². The molecule has 2 N–H and O–H groups in total. The summed E-state index contributed by atoms with van der Waals surface area (Å²) in [5.74, 6) is 0.667. The van der Waals surface area contributed by atoms with Crippen molar-refractivity contribution in [3.8, 4) is 5.75 Å². The monoisotopic (exact) mass is 466 g/mol. The Morgan fingerprint density at radius 2 is 1.65 bits per heavy atom. The maximum atomic E-state index is 12.6. The fourth-order valence-electron chi connectivity index (χ4n) is 3.92. The molecule has 0 unspecified atom stereocenters. The third kappa shape index (κ3) is 5.10. The molecule has 1 aliphatic rings. The Hall–Kier alpha value is -3.70. The van der Waals surface area contributed by atoms with Crippen LogP contribution in [-0.2, 0) is 17.8 Å². The minimum atomic E-state index is -0.211. The maximum Gasteiger partial charge on any atom is 0.260 e. The molecule has 5 heteroatoms. The lowest BCUT2D eigenvalue weighted by atomic mass is 10.1. The van der Waals surface area contributed by atoms with Crippen LogP contribution < -0.4 is 15.4 Å². The molecule has 0 radical (unpaired) electrons. The van der Waals surface area contributed by atoms with Crippen LogP contribution in [0.3, 0.4) is 0 Å². The van der Waals surface area contributed by atoms with Crippen LogP contribution in [0.15, 0.2) is 95.9 Å². The van der Waals surface area contributed by atoms with Crippen LogP contribution in [0.1, 0.15) is 23.6 Å². The SMILES string of the molecule is CCc1ccc(N[C@@H]2NC(=O)/C(=C/c3ccccc3OCc3ccc4ccccc4c3)S2)cc1. The molecule has 34 heavy (non-hydrogen) atoms. The third-order valence-corrected chi connectivity index (χ3v) is 6.83. The van der Waals surface area contributed by atoms with E-state index in [9.17, 15) is 4.79 Å². The molecule has 1 saturated heterocycles. The van der Waals surface area contributed by atoms with Gasteiger partial charge in [-0.1, -0.05) is 85.4 Å². The number of hydrogen-bond donors (Lipinski definition) is 2. The molecule has 0 spiro atoms. The largest absolute Gasteiger partial charge is 0.488 e. The van der Waals surface area contributed by atoms with Gasteiger partial charge in [0.2, 0.25) is 0 Å². The number of anilines is 1. The standard InChI is InChI=1S/C29H26N2O2S/c1-2-20-12-15-25(16-13-20)30-29-31-28(32)27(34-29)18-24-9-5-6-10-26(24)33-19-21-11-14-22-7-3-4-8-23(22)17-21/h3-18,29-30H,2,19H2,1H3,(H,31,32)/b27-18-/t29-/m1/s1. The zero-order valence-corrected chi connectivity index (χ0v) is 19.8. The highest BCUT2D eigenvalue weighted by Crippen LogP contribution is 2.32. The van der Waals surface area contributed by atoms with Gasteiger partial charge < -0.3 is 15.4 Å². The van der Waals surface area contributed by atoms with Crippen LogP contribution in [0.5, 0.6) is 5.75 Å². The van der Waals surface area contributed by atoms with E-state index < -0.39 is 0 Å². The molecule has 4 aromatic rings. The van der Waals surface area contributed by atoms with E-state index >= 15 is 0 Å². The Morgan fingerprint density at radius 3 is 2.47 bits per heavy atom. The molecule has 1 amide bonds. The van der Waals surface area contributed by atoms with Gasteiger partial charge in [-0.2, -0.15) is 0 Å². The molecule has 1 atom stereocenters. The van der Waals surface area contributed by atoms with E-state index in [1.165, 1.54) is 28.1 Å². The van der Waals surface area contributed by atoms with Crippen molar-refractivity contribution < 1.29 is 9.53 Å². The Labute approximate surface area is 204 Å². The number of nitrogens with one attached hydrogen (secondary N) is 2. The number of thioether (sulfide) groups is 1. The van der Waals surface area contributed by atoms with Crippen molar-refractivity contribution in [1.82, 2.24) is 5.32 Å². The van der Waals surface area contributed by atoms with Gasteiger partial charge in [0.25, 0.3) is 5.91 Å². The Morgan fingerprint density at radius 1 is 0.912 bits per heavy atom. The summed E-state index contributed by atoms with van der Waals surface area (Å²) in [6.45, 7) is 2.60. The number of carbonyl (C=O) groups is 1. The van der Waals surface area contributed by atoms with Crippen LogP contribution in [0.2, 0.25) is 0 Å². The van der Waals surface area contributed by atoms with Gasteiger partial charge >= 0.3 is 0 Å². The number of benzene rings is 4. The molecule has 0 saturated carbocycles. The fourth-order valence-corrected chi connectivity index (χ4v) is 4.89. The number of aryl methyl sites for hydroxylation is 1. The maximum absolute atomic E-state index is 12.6. The summed E-state index contributed by atoms with van der Waals surface area (Å²) in [6.07, 6.45) is 2.90. The van der Waals surface area contributed by atoms with Gasteiger partial charge in [-0.15, -0.1) is 0 Å². The second-order valence-electron chi connectivity index (χ2n) is 8.18. The first-order valence-electron chi connectivity index (χ1n) is 11.4. The van der Waals surface area contributed by atoms with Crippen LogP contribution in [0.4, 0.5) is 5.69 Å². The number of ether oxygens (including phenoxy) is 1. The predicted molar refractivity (Wildman–Crippen MR) is 142 cm³/mol. The van der Waals surface area contributed by atoms with Gasteiger partial charge in [0, 0.05) is 11.3 Å². The normalized spacial score (nSPS) is 16.6. The number of fused-ring (bicyclic) bond motifs is 1. The third-order valence-electron chi connectivity index (χ3n) is 5.80. The predicted octanol–water partition coefficient (Wildman–Crippen LogP) is 6.58. The number of amides is 1. The molecule has 1 aliphatic heterocycles. The molecular formula is C29H26N2O2S. The first-order valence-corrected chi connectivity index (χ1v) is 12.3. The summed E-state index contributed by atoms with van der Waals surface area (Å²) < 4.78 is 6.16. The lowest BCUT2D eigenvalue weighted by Gasteiger charge is -2.13. The molecule has 4 aromatic carbocycles. The highest BCUT2D eigenvalue weighted by Gasteiger charge is 2.27. The molecule has 0 bridgehead atoms. The molecular weight excluding hydrogens is 440 g/mol. The lowest BCUT2D eigenvalue weighted by molar-refractivity contribution is -0.116. The smallest absolute Gasteiger partial charge is 0.260 e. The highest BCUT2D eigenvalue weighted by molar-refractivity contribution is 8.05. The zero-order valence-electron chi connectivity index (χ0n) is 19.0. The van der Waals surface area contributed by atoms with E-state index in [1.807, 2.05) is 54.6 Å². The lowest BCUT2D eigenvalue weighted by Crippen LogP contribution is -2.30. The van der Waals surface area contributed by atoms with Crippen LogP contribution >= 0.6 is 11.8 Å². The van der Waals surface area contributed by atoms with E-state index in [-0.39, 0.29) is 11.4 Å². The van der Waals surface area contributed by atoms with Crippen molar-refractivity contribution >= 4 is 40.2 Å². The topological polar surface area (TPSA) is 50.4 Å². The second-order valence-corrected chi connectivity index (χ2v) is 9.33. The molecule has 0 aliphatic carbocycles. The zero-order chi connectivity index (χ0) is 23.3. The van der Waals surface area contributed by atoms with E-state index in [4.69, 9.17) is 4.74 Å². The van der Waals surface area contributed by atoms with Gasteiger partial charge in [-0.3, -0.25) is 4.79 Å². The summed E-state index contributed by atoms with van der Waals surface area (Å²) in [5.41, 5.74) is 4.04. The van der Waals surface area contributed by atoms with Crippen LogP contribution in [-0.4, -0.2) is 11.4 Å². The molecule has 5 rings (SSSR count). The fraction of sp³-hybridized carbons (Fsp3) is 0.138. The number of carbonyl (C=O) groups excluding carboxylic acids is 1. The average molecular weight is 467 g/mol. The van der Waals surface area contributed by atoms with Gasteiger partial charge in [-0.05, 0) is 58.7 Å². The summed E-state index contributed by atoms with van der Waals surface area (Å²) in [4.78, 5) is 13.3. The van der Waals surface area contributed by atoms with E-state index in [1.54, 1.807) is 0 Å². The van der Waals surface area contributed by atoms with Gasteiger partial charge in [0.1, 0.15) is 12.4 Å². The first-order chi connectivity index (χ1) is 16.7. The first kappa shape index (κ1) is 22.1. The van der Waals surface area contributed by atoms with Crippen molar-refractivity contribution in [2.75, 3.05) is 5.32 Å². The Balaban J connectivity index is 1.28. The van der Waals surface area contributed by atoms with E-state index in [0.29, 0.717) is 11.5 Å². The summed E-state index contributed by atoms with van der Waals surface area (Å²) in [6, 6.07) is 30.8. The number of para-hydroxylation sites is 1. The van der Waals surface area contributed by atoms with E-state index in [0.717, 1.165) is 29.0 Å². The molecule has 4 nitrogen and oxygen atoms in total. The minimum absolute atomic E-state index is 0.0861. The number of rotatable bonds is 7. The highest BCUT2D eigenvalue weighted by atomic mass is 32.2. The average Bonchev–Trinajstić information content (AvgIpc) is 3.22. The van der Waals surface area contributed by atoms with Gasteiger partial charge in [-0.25, -0.2) is 0 Å². The van der Waals surface area contributed by atoms with Gasteiger partial charge in [0.05, 0.1) is 4.91 Å². The minimum Gasteiger partial charge on any atom is -0.488 e. The molecule has 0 aromatic heterocycles. The number of hydrogen-bond acceptors (Lipinski definition) is 4. The van der Waals surface area contributed by atoms with Crippen molar-refractivity contribution in [3.63, 3.8) is 0 Å². The second kappa shape index (κ2) is 10.1. The molecule has 1 heterocycles. The molecule has 1 fully saturated rings. The van der Waals surface area contributed by atoms with Crippen molar-refractivity contribution in [2.45, 2.75) is 25.4 Å². The van der Waals surface area contributed by atoms with Crippen LogP contribution in [0, 0.1) is 0 Å². The van der Waals surface area contributed by atoms with Crippen molar-refractivity contribution in [2.24, 2.45) is 0 Å². The quantitative estimate of drug-likeness (QED) is 0.302. The Bertz CT molecular complexity index is 1350. The summed E-state index contributed by atoms with van der Waals surface area (Å²) in [5, 5.41) is 8.78. The summed E-state index contributed by atoms with van der Waals surface area (Å²) in [7, 11) is 0. The van der Waals surface area contributed by atoms with E-state index in [2.05, 4.69) is 60.0 Å². The van der Waals surface area contributed by atoms with Crippen molar-refractivity contribution in [1.29, 1.82) is 0 Å². The van der Waals surface area contributed by atoms with Gasteiger partial charge in [0.15, 0.2) is 5.50 Å². The molecule has 170 valence electrons. The Kier molecular flexibility index (Phi) is 6.54.